The molecule has 0 spiro atoms. The van der Waals surface area contributed by atoms with Crippen LogP contribution in [0.3, 0.4) is 0 Å². The van der Waals surface area contributed by atoms with E-state index in [1.54, 1.807) is 5.57 Å². The van der Waals surface area contributed by atoms with Crippen LogP contribution in [0, 0.1) is 23.7 Å². The van der Waals surface area contributed by atoms with Gasteiger partial charge in [-0.05, 0) is 70.1 Å². The summed E-state index contributed by atoms with van der Waals surface area (Å²) in [6, 6.07) is 0. The fourth-order valence-electron chi connectivity index (χ4n) is 3.74. The highest BCUT2D eigenvalue weighted by molar-refractivity contribution is 5.12. The molecule has 1 saturated carbocycles. The van der Waals surface area contributed by atoms with Gasteiger partial charge in [0.1, 0.15) is 0 Å². The van der Waals surface area contributed by atoms with E-state index in [-0.39, 0.29) is 0 Å². The highest BCUT2D eigenvalue weighted by Crippen LogP contribution is 2.50. The van der Waals surface area contributed by atoms with Crippen molar-refractivity contribution in [1.82, 2.24) is 0 Å². The molecular weight excluding hydrogens is 196 g/mol. The average Bonchev–Trinajstić information content (AvgIpc) is 2.56. The van der Waals surface area contributed by atoms with Crippen LogP contribution in [0.5, 0.6) is 0 Å². The third-order valence-electron chi connectivity index (χ3n) is 5.02. The van der Waals surface area contributed by atoms with Gasteiger partial charge in [0.2, 0.25) is 0 Å². The van der Waals surface area contributed by atoms with Crippen LogP contribution in [-0.2, 0) is 0 Å². The summed E-state index contributed by atoms with van der Waals surface area (Å²) in [7, 11) is 0. The maximum atomic E-state index is 10.2. The minimum atomic E-state index is -0.494. The predicted molar refractivity (Wildman–Crippen MR) is 68.2 cm³/mol. The van der Waals surface area contributed by atoms with Crippen molar-refractivity contribution in [3.8, 4) is 0 Å². The summed E-state index contributed by atoms with van der Waals surface area (Å²) < 4.78 is 0. The zero-order valence-corrected chi connectivity index (χ0v) is 11.2. The quantitative estimate of drug-likeness (QED) is 0.669. The summed E-state index contributed by atoms with van der Waals surface area (Å²) in [5.41, 5.74) is 1.09. The minimum absolute atomic E-state index is 0.492. The van der Waals surface area contributed by atoms with Gasteiger partial charge in [-0.25, -0.2) is 0 Å². The highest BCUT2D eigenvalue weighted by Gasteiger charge is 2.43. The van der Waals surface area contributed by atoms with E-state index in [4.69, 9.17) is 0 Å². The van der Waals surface area contributed by atoms with Crippen LogP contribution in [0.1, 0.15) is 53.4 Å². The summed E-state index contributed by atoms with van der Waals surface area (Å²) >= 11 is 0. The van der Waals surface area contributed by atoms with Crippen molar-refractivity contribution in [1.29, 1.82) is 0 Å². The molecule has 92 valence electrons. The fraction of sp³-hybridized carbons (Fsp3) is 0.867. The molecule has 1 N–H and O–H groups in total. The Labute approximate surface area is 99.9 Å². The van der Waals surface area contributed by atoms with Crippen molar-refractivity contribution in [2.24, 2.45) is 23.7 Å². The standard InChI is InChI=1S/C15H26O/c1-10-6-5-7-11(2)14-9-12(8-13(10)14)15(3,4)16/h6,11-14,16H,5,7-9H2,1-4H3. The van der Waals surface area contributed by atoms with E-state index in [0.717, 1.165) is 17.8 Å². The molecule has 16 heavy (non-hydrogen) atoms. The van der Waals surface area contributed by atoms with Crippen molar-refractivity contribution in [3.05, 3.63) is 11.6 Å². The number of hydrogen-bond acceptors (Lipinski definition) is 1. The van der Waals surface area contributed by atoms with Gasteiger partial charge in [-0.15, -0.1) is 0 Å². The first-order valence-corrected chi connectivity index (χ1v) is 6.78. The second-order valence-electron chi connectivity index (χ2n) is 6.60. The van der Waals surface area contributed by atoms with E-state index in [9.17, 15) is 5.11 Å². The SMILES string of the molecule is CC1=CCCC(C)C2CC(C(C)(C)O)CC12. The average molecular weight is 222 g/mol. The van der Waals surface area contributed by atoms with Crippen LogP contribution in [-0.4, -0.2) is 10.7 Å². The monoisotopic (exact) mass is 222 g/mol. The molecule has 4 unspecified atom stereocenters. The summed E-state index contributed by atoms with van der Waals surface area (Å²) in [5.74, 6) is 2.88. The molecule has 2 aliphatic rings. The van der Waals surface area contributed by atoms with E-state index in [1.165, 1.54) is 25.7 Å². The molecule has 2 aliphatic carbocycles. The van der Waals surface area contributed by atoms with E-state index in [1.807, 2.05) is 13.8 Å². The van der Waals surface area contributed by atoms with Crippen LogP contribution in [0.15, 0.2) is 11.6 Å². The Morgan fingerprint density at radius 3 is 2.62 bits per heavy atom. The Balaban J connectivity index is 2.18. The molecule has 0 aromatic rings. The van der Waals surface area contributed by atoms with Gasteiger partial charge in [0.15, 0.2) is 0 Å². The second-order valence-corrected chi connectivity index (χ2v) is 6.60. The van der Waals surface area contributed by atoms with Crippen molar-refractivity contribution in [3.63, 3.8) is 0 Å². The molecule has 0 aliphatic heterocycles. The van der Waals surface area contributed by atoms with Gasteiger partial charge in [0, 0.05) is 0 Å². The molecule has 2 rings (SSSR count). The summed E-state index contributed by atoms with van der Waals surface area (Å²) in [5, 5.41) is 10.2. The van der Waals surface area contributed by atoms with Gasteiger partial charge >= 0.3 is 0 Å². The lowest BCUT2D eigenvalue weighted by molar-refractivity contribution is 0.0166. The van der Waals surface area contributed by atoms with Crippen molar-refractivity contribution in [2.75, 3.05) is 0 Å². The molecule has 0 saturated heterocycles. The number of aliphatic hydroxyl groups is 1. The molecular formula is C15H26O. The lowest BCUT2D eigenvalue weighted by atomic mass is 9.82. The zero-order chi connectivity index (χ0) is 11.9. The highest BCUT2D eigenvalue weighted by atomic mass is 16.3. The van der Waals surface area contributed by atoms with Crippen LogP contribution in [0.25, 0.3) is 0 Å². The van der Waals surface area contributed by atoms with Gasteiger partial charge in [-0.1, -0.05) is 18.6 Å². The molecule has 0 heterocycles. The molecule has 0 aromatic carbocycles. The molecule has 0 bridgehead atoms. The lowest BCUT2D eigenvalue weighted by Crippen LogP contribution is -2.29. The van der Waals surface area contributed by atoms with Gasteiger partial charge in [0.25, 0.3) is 0 Å². The summed E-state index contributed by atoms with van der Waals surface area (Å²) in [6.07, 6.45) is 7.44. The van der Waals surface area contributed by atoms with E-state index in [2.05, 4.69) is 19.9 Å². The van der Waals surface area contributed by atoms with Crippen LogP contribution in [0.4, 0.5) is 0 Å². The predicted octanol–water partition coefficient (Wildman–Crippen LogP) is 3.78. The molecule has 1 nitrogen and oxygen atoms in total. The molecule has 0 amide bonds. The molecule has 1 heteroatoms. The maximum Gasteiger partial charge on any atom is 0.0620 e. The molecule has 0 radical (unpaired) electrons. The lowest BCUT2D eigenvalue weighted by Gasteiger charge is -2.26. The second kappa shape index (κ2) is 4.18. The number of fused-ring (bicyclic) bond motifs is 1. The van der Waals surface area contributed by atoms with Gasteiger partial charge in [0.05, 0.1) is 5.60 Å². The Morgan fingerprint density at radius 1 is 1.31 bits per heavy atom. The van der Waals surface area contributed by atoms with Crippen molar-refractivity contribution in [2.45, 2.75) is 59.0 Å². The minimum Gasteiger partial charge on any atom is -0.390 e. The van der Waals surface area contributed by atoms with E-state index in [0.29, 0.717) is 5.92 Å². The largest absolute Gasteiger partial charge is 0.390 e. The van der Waals surface area contributed by atoms with Crippen LogP contribution >= 0.6 is 0 Å². The third kappa shape index (κ3) is 2.20. The van der Waals surface area contributed by atoms with Crippen molar-refractivity contribution >= 4 is 0 Å². The smallest absolute Gasteiger partial charge is 0.0620 e. The third-order valence-corrected chi connectivity index (χ3v) is 5.02. The normalized spacial score (nSPS) is 40.2. The Bertz CT molecular complexity index is 284. The number of rotatable bonds is 1. The van der Waals surface area contributed by atoms with Crippen LogP contribution in [0.2, 0.25) is 0 Å². The van der Waals surface area contributed by atoms with E-state index >= 15 is 0 Å². The van der Waals surface area contributed by atoms with Gasteiger partial charge < -0.3 is 5.11 Å². The topological polar surface area (TPSA) is 20.2 Å². The Kier molecular flexibility index (Phi) is 3.18. The first-order chi connectivity index (χ1) is 7.39. The first kappa shape index (κ1) is 12.2. The summed E-state index contributed by atoms with van der Waals surface area (Å²) in [4.78, 5) is 0. The summed E-state index contributed by atoms with van der Waals surface area (Å²) in [6.45, 7) is 8.65. The zero-order valence-electron chi connectivity index (χ0n) is 11.2. The van der Waals surface area contributed by atoms with Crippen LogP contribution < -0.4 is 0 Å². The van der Waals surface area contributed by atoms with Gasteiger partial charge in [-0.3, -0.25) is 0 Å². The maximum absolute atomic E-state index is 10.2. The molecule has 1 fully saturated rings. The number of hydrogen-bond donors (Lipinski definition) is 1. The molecule has 4 atom stereocenters. The fourth-order valence-corrected chi connectivity index (χ4v) is 3.74. The Hall–Kier alpha value is -0.300. The van der Waals surface area contributed by atoms with Gasteiger partial charge in [-0.2, -0.15) is 0 Å². The number of allylic oxidation sites excluding steroid dienone is 2. The van der Waals surface area contributed by atoms with E-state index < -0.39 is 5.60 Å². The first-order valence-electron chi connectivity index (χ1n) is 6.78. The molecule has 0 aromatic heterocycles. The van der Waals surface area contributed by atoms with Crippen molar-refractivity contribution < 1.29 is 5.11 Å². The Morgan fingerprint density at radius 2 is 2.00 bits per heavy atom.